The van der Waals surface area contributed by atoms with Crippen LogP contribution in [0.4, 0.5) is 0 Å². The maximum absolute atomic E-state index is 7.23. The summed E-state index contributed by atoms with van der Waals surface area (Å²) >= 11 is 1.66. The maximum atomic E-state index is 7.23. The summed E-state index contributed by atoms with van der Waals surface area (Å²) in [5.74, 6) is 0.918. The molecule has 3 aromatic heterocycles. The van der Waals surface area contributed by atoms with Crippen LogP contribution in [0.2, 0.25) is 0 Å². The second kappa shape index (κ2) is 16.1. The molecule has 0 saturated heterocycles. The van der Waals surface area contributed by atoms with Gasteiger partial charge in [-0.15, -0.1) is 47.3 Å². The molecular weight excluding hydrogens is 867 g/mol. The summed E-state index contributed by atoms with van der Waals surface area (Å²) in [5.41, 5.74) is 13.3. The van der Waals surface area contributed by atoms with Crippen LogP contribution in [0.5, 0.6) is 0 Å². The number of pyridine rings is 1. The van der Waals surface area contributed by atoms with E-state index in [1.54, 1.807) is 29.5 Å². The predicted octanol–water partition coefficient (Wildman–Crippen LogP) is 13.5. The van der Waals surface area contributed by atoms with Gasteiger partial charge in [0.2, 0.25) is 0 Å². The van der Waals surface area contributed by atoms with E-state index in [9.17, 15) is 0 Å². The number of aryl methyl sites for hydroxylation is 2. The third-order valence-electron chi connectivity index (χ3n) is 9.57. The van der Waals surface area contributed by atoms with E-state index >= 15 is 0 Å². The molecule has 0 aliphatic carbocycles. The molecule has 55 heavy (non-hydrogen) atoms. The molecule has 0 aliphatic heterocycles. The first kappa shape index (κ1) is 34.1. The van der Waals surface area contributed by atoms with Gasteiger partial charge in [0, 0.05) is 41.5 Å². The Kier molecular flexibility index (Phi) is 9.98. The number of para-hydroxylation sites is 2. The van der Waals surface area contributed by atoms with Crippen LogP contribution in [-0.2, 0) is 25.5 Å². The second-order valence-corrected chi connectivity index (χ2v) is 15.3. The third kappa shape index (κ3) is 7.88. The van der Waals surface area contributed by atoms with E-state index < -0.39 is 6.85 Å². The van der Waals surface area contributed by atoms with Crippen molar-refractivity contribution in [2.75, 3.05) is 0 Å². The van der Waals surface area contributed by atoms with Crippen molar-refractivity contribution in [2.45, 2.75) is 40.0 Å². The Morgan fingerprint density at radius 2 is 1.36 bits per heavy atom. The fraction of sp³-hybridized carbons (Fsp3) is 0.120. The van der Waals surface area contributed by atoms with E-state index in [4.69, 9.17) is 9.10 Å². The van der Waals surface area contributed by atoms with Crippen LogP contribution >= 0.6 is 11.3 Å². The molecule has 3 heterocycles. The Labute approximate surface area is 346 Å². The van der Waals surface area contributed by atoms with Crippen LogP contribution in [-0.4, -0.2) is 14.5 Å². The van der Waals surface area contributed by atoms with Crippen molar-refractivity contribution in [1.29, 1.82) is 0 Å². The van der Waals surface area contributed by atoms with Gasteiger partial charge in [-0.05, 0) is 71.4 Å². The molecule has 0 bridgehead atoms. The topological polar surface area (TPSA) is 30.7 Å². The van der Waals surface area contributed by atoms with Crippen LogP contribution in [0.3, 0.4) is 0 Å². The molecule has 0 aliphatic rings. The number of hydrogen-bond donors (Lipinski definition) is 0. The van der Waals surface area contributed by atoms with E-state index in [0.29, 0.717) is 0 Å². The number of aromatic nitrogens is 3. The Morgan fingerprint density at radius 3 is 1.98 bits per heavy atom. The molecule has 0 spiro atoms. The molecule has 5 heteroatoms. The molecule has 0 fully saturated rings. The number of nitrogens with zero attached hydrogens (tertiary/aromatic N) is 3. The largest absolute Gasteiger partial charge is 0.332 e. The number of rotatable bonds is 5. The summed E-state index contributed by atoms with van der Waals surface area (Å²) < 4.78 is 25.3. The minimum absolute atomic E-state index is 0. The van der Waals surface area contributed by atoms with Crippen molar-refractivity contribution in [3.8, 4) is 50.6 Å². The summed E-state index contributed by atoms with van der Waals surface area (Å²) in [7, 11) is 0. The van der Waals surface area contributed by atoms with Gasteiger partial charge in [0.15, 0.2) is 0 Å². The summed E-state index contributed by atoms with van der Waals surface area (Å²) in [5, 5.41) is 4.84. The molecule has 9 rings (SSSR count). The van der Waals surface area contributed by atoms with E-state index in [2.05, 4.69) is 164 Å². The van der Waals surface area contributed by atoms with Crippen molar-refractivity contribution >= 4 is 32.5 Å². The zero-order chi connectivity index (χ0) is 39.7. The van der Waals surface area contributed by atoms with Crippen LogP contribution in [0, 0.1) is 25.2 Å². The van der Waals surface area contributed by atoms with Gasteiger partial charge in [-0.3, -0.25) is 16.3 Å². The van der Waals surface area contributed by atoms with Crippen molar-refractivity contribution in [1.82, 2.24) is 14.5 Å². The molecular formula is C50H41IrN3S-2. The predicted molar refractivity (Wildman–Crippen MR) is 228 cm³/mol. The van der Waals surface area contributed by atoms with E-state index in [0.717, 1.165) is 39.4 Å². The number of hydrogen-bond acceptors (Lipinski definition) is 3. The molecule has 6 aromatic carbocycles. The fourth-order valence-corrected chi connectivity index (χ4v) is 7.59. The van der Waals surface area contributed by atoms with Crippen LogP contribution < -0.4 is 0 Å². The molecule has 1 radical (unpaired) electrons. The van der Waals surface area contributed by atoms with E-state index in [-0.39, 0.29) is 31.1 Å². The number of thiophene rings is 1. The minimum Gasteiger partial charge on any atom is -0.332 e. The first-order valence-corrected chi connectivity index (χ1v) is 18.9. The summed E-state index contributed by atoms with van der Waals surface area (Å²) in [6.45, 7) is 6.93. The van der Waals surface area contributed by atoms with Crippen molar-refractivity contribution < 1.29 is 24.2 Å². The Morgan fingerprint density at radius 1 is 0.709 bits per heavy atom. The number of fused-ring (bicyclic) bond motifs is 2. The second-order valence-electron chi connectivity index (χ2n) is 14.4. The molecule has 273 valence electrons. The van der Waals surface area contributed by atoms with Crippen LogP contribution in [0.1, 0.15) is 41.6 Å². The molecule has 0 unspecified atom stereocenters. The molecule has 0 atom stereocenters. The zero-order valence-electron chi connectivity index (χ0n) is 34.1. The first-order chi connectivity index (χ1) is 27.5. The van der Waals surface area contributed by atoms with Crippen molar-refractivity contribution in [3.63, 3.8) is 0 Å². The zero-order valence-corrected chi connectivity index (χ0v) is 34.3. The fourth-order valence-electron chi connectivity index (χ4n) is 6.77. The van der Waals surface area contributed by atoms with Gasteiger partial charge in [0.05, 0.1) is 22.5 Å². The van der Waals surface area contributed by atoms with Gasteiger partial charge >= 0.3 is 0 Å². The summed E-state index contributed by atoms with van der Waals surface area (Å²) in [4.78, 5) is 9.41. The van der Waals surface area contributed by atoms with Gasteiger partial charge in [0.1, 0.15) is 0 Å². The van der Waals surface area contributed by atoms with Gasteiger partial charge in [-0.25, -0.2) is 0 Å². The Hall–Kier alpha value is -5.45. The third-order valence-corrected chi connectivity index (χ3v) is 10.5. The molecule has 3 nitrogen and oxygen atoms in total. The quantitative estimate of drug-likeness (QED) is 0.161. The smallest absolute Gasteiger partial charge is 0.0774 e. The summed E-state index contributed by atoms with van der Waals surface area (Å²) in [6, 6.07) is 55.2. The average Bonchev–Trinajstić information content (AvgIpc) is 3.82. The Bertz CT molecular complexity index is 2750. The summed E-state index contributed by atoms with van der Waals surface area (Å²) in [6.07, 6.45) is 1.39. The normalized spacial score (nSPS) is 12.3. The molecule has 9 aromatic rings. The first-order valence-electron chi connectivity index (χ1n) is 19.6. The standard InChI is InChI=1S/C38H31N2S.C12H10N.Ir/c1-25-19-20-35-31(21-25)32(24-41-35)37-39-33-17-11-12-18-34(33)40(37)36-29(26-13-7-5-8-14-26)22-28(38(2,3)4)23-30(36)27-15-9-6-10-16-27;1-10-7-8-12(13-9-10)11-5-3-2-4-6-11;/h5-23H,1-4H3;2-5,7-9H,1H3;/q2*-1;/i;1D3;. The minimum atomic E-state index is -2.09. The average molecular weight is 911 g/mol. The monoisotopic (exact) mass is 911 g/mol. The maximum Gasteiger partial charge on any atom is 0.0774 e. The Balaban J connectivity index is 0.000000254. The molecule has 0 amide bonds. The van der Waals surface area contributed by atoms with Gasteiger partial charge < -0.3 is 9.55 Å². The van der Waals surface area contributed by atoms with Crippen molar-refractivity contribution in [2.24, 2.45) is 0 Å². The van der Waals surface area contributed by atoms with E-state index in [1.807, 2.05) is 18.2 Å². The van der Waals surface area contributed by atoms with Crippen LogP contribution in [0.15, 0.2) is 158 Å². The molecule has 0 saturated carbocycles. The van der Waals surface area contributed by atoms with Gasteiger partial charge in [-0.2, -0.15) is 0 Å². The number of imidazole rings is 1. The van der Waals surface area contributed by atoms with Gasteiger partial charge in [0.25, 0.3) is 0 Å². The van der Waals surface area contributed by atoms with Gasteiger partial charge in [-0.1, -0.05) is 139 Å². The molecule has 0 N–H and O–H groups in total. The van der Waals surface area contributed by atoms with Crippen molar-refractivity contribution in [3.05, 3.63) is 186 Å². The van der Waals surface area contributed by atoms with Crippen LogP contribution in [0.25, 0.3) is 71.7 Å². The van der Waals surface area contributed by atoms with E-state index in [1.165, 1.54) is 49.7 Å². The number of benzene rings is 6. The SMILES string of the molecule is Cc1ccc2s[c-]c(-c3nc4ccccc4n3-c3c(-c4ccccc4)cc(C(C)(C)C)cc3-c3ccccc3)c2c1.[2H]C([2H])([2H])c1ccc(-c2[c-]cccc2)nc1.[Ir].